The fourth-order valence-corrected chi connectivity index (χ4v) is 2.12. The van der Waals surface area contributed by atoms with E-state index in [-0.39, 0.29) is 11.5 Å². The summed E-state index contributed by atoms with van der Waals surface area (Å²) >= 11 is 0. The summed E-state index contributed by atoms with van der Waals surface area (Å²) in [6.45, 7) is 10.4. The summed E-state index contributed by atoms with van der Waals surface area (Å²) < 4.78 is 5.08. The monoisotopic (exact) mass is 230 g/mol. The van der Waals surface area contributed by atoms with Gasteiger partial charge in [-0.25, -0.2) is 4.79 Å². The minimum absolute atomic E-state index is 0.132. The Labute approximate surface area is 99.2 Å². The summed E-state index contributed by atoms with van der Waals surface area (Å²) in [5, 5.41) is 8.79. The predicted octanol–water partition coefficient (Wildman–Crippen LogP) is 4.31. The molecule has 3 heteroatoms. The van der Waals surface area contributed by atoms with Crippen molar-refractivity contribution >= 4 is 6.16 Å². The number of carbonyl (C=O) groups is 1. The molecule has 0 aromatic carbocycles. The zero-order chi connectivity index (χ0) is 12.8. The normalized spacial score (nSPS) is 15.6. The molecule has 0 aromatic heterocycles. The van der Waals surface area contributed by atoms with Crippen molar-refractivity contribution in [1.82, 2.24) is 0 Å². The highest BCUT2D eigenvalue weighted by Crippen LogP contribution is 2.33. The summed E-state index contributed by atoms with van der Waals surface area (Å²) in [4.78, 5) is 10.7. The van der Waals surface area contributed by atoms with Gasteiger partial charge >= 0.3 is 6.16 Å². The molecule has 0 bridgehead atoms. The van der Waals surface area contributed by atoms with E-state index in [0.29, 0.717) is 5.92 Å². The van der Waals surface area contributed by atoms with E-state index in [2.05, 4.69) is 13.8 Å². The largest absolute Gasteiger partial charge is 0.506 e. The second-order valence-electron chi connectivity index (χ2n) is 5.48. The van der Waals surface area contributed by atoms with Gasteiger partial charge in [0.15, 0.2) is 0 Å². The SMILES string of the molecule is CCCCC(CC)C(OC(=O)O)C(C)(C)C. The van der Waals surface area contributed by atoms with Gasteiger partial charge in [0.2, 0.25) is 0 Å². The molecule has 16 heavy (non-hydrogen) atoms. The average Bonchev–Trinajstić information content (AvgIpc) is 2.15. The van der Waals surface area contributed by atoms with E-state index in [1.807, 2.05) is 20.8 Å². The third-order valence-corrected chi connectivity index (χ3v) is 2.96. The standard InChI is InChI=1S/C13H26O3/c1-6-8-9-10(7-2)11(13(3,4)5)16-12(14)15/h10-11H,6-9H2,1-5H3,(H,14,15). The first-order chi connectivity index (χ1) is 7.32. The maximum absolute atomic E-state index is 10.7. The molecule has 0 saturated heterocycles. The van der Waals surface area contributed by atoms with Crippen molar-refractivity contribution in [1.29, 1.82) is 0 Å². The Kier molecular flexibility index (Phi) is 6.46. The van der Waals surface area contributed by atoms with Gasteiger partial charge in [0.05, 0.1) is 0 Å². The van der Waals surface area contributed by atoms with E-state index < -0.39 is 6.16 Å². The first kappa shape index (κ1) is 15.3. The van der Waals surface area contributed by atoms with Crippen LogP contribution in [-0.4, -0.2) is 17.4 Å². The van der Waals surface area contributed by atoms with Crippen LogP contribution in [0.5, 0.6) is 0 Å². The fourth-order valence-electron chi connectivity index (χ4n) is 2.12. The Bertz CT molecular complexity index is 206. The third kappa shape index (κ3) is 5.38. The second kappa shape index (κ2) is 6.77. The topological polar surface area (TPSA) is 46.5 Å². The molecule has 0 aliphatic heterocycles. The van der Waals surface area contributed by atoms with Gasteiger partial charge in [-0.15, -0.1) is 0 Å². The van der Waals surface area contributed by atoms with Gasteiger partial charge in [-0.1, -0.05) is 47.5 Å². The second-order valence-corrected chi connectivity index (χ2v) is 5.48. The Morgan fingerprint density at radius 3 is 2.19 bits per heavy atom. The Morgan fingerprint density at radius 2 is 1.88 bits per heavy atom. The molecule has 0 rings (SSSR count). The molecule has 0 fully saturated rings. The van der Waals surface area contributed by atoms with Crippen LogP contribution in [0.15, 0.2) is 0 Å². The molecule has 2 unspecified atom stereocenters. The number of ether oxygens (including phenoxy) is 1. The van der Waals surface area contributed by atoms with Gasteiger partial charge in [-0.05, 0) is 24.2 Å². The first-order valence-electron chi connectivity index (χ1n) is 6.22. The quantitative estimate of drug-likeness (QED) is 0.691. The van der Waals surface area contributed by atoms with E-state index in [1.54, 1.807) is 0 Å². The molecule has 1 N–H and O–H groups in total. The minimum Gasteiger partial charge on any atom is -0.450 e. The van der Waals surface area contributed by atoms with Crippen LogP contribution in [0.2, 0.25) is 0 Å². The molecule has 0 amide bonds. The van der Waals surface area contributed by atoms with Gasteiger partial charge in [0, 0.05) is 0 Å². The maximum Gasteiger partial charge on any atom is 0.506 e. The maximum atomic E-state index is 10.7. The van der Waals surface area contributed by atoms with E-state index in [9.17, 15) is 4.79 Å². The van der Waals surface area contributed by atoms with Gasteiger partial charge in [0.25, 0.3) is 0 Å². The van der Waals surface area contributed by atoms with Crippen molar-refractivity contribution in [3.8, 4) is 0 Å². The lowest BCUT2D eigenvalue weighted by atomic mass is 9.78. The summed E-state index contributed by atoms with van der Waals surface area (Å²) in [5.41, 5.74) is -0.132. The lowest BCUT2D eigenvalue weighted by molar-refractivity contribution is -0.0348. The third-order valence-electron chi connectivity index (χ3n) is 2.96. The van der Waals surface area contributed by atoms with Gasteiger partial charge in [0.1, 0.15) is 6.10 Å². The van der Waals surface area contributed by atoms with Crippen LogP contribution in [0.3, 0.4) is 0 Å². The summed E-state index contributed by atoms with van der Waals surface area (Å²) in [6.07, 6.45) is 2.92. The van der Waals surface area contributed by atoms with Crippen LogP contribution in [-0.2, 0) is 4.74 Å². The molecule has 0 heterocycles. The fraction of sp³-hybridized carbons (Fsp3) is 0.923. The molecule has 3 nitrogen and oxygen atoms in total. The van der Waals surface area contributed by atoms with Gasteiger partial charge < -0.3 is 9.84 Å². The van der Waals surface area contributed by atoms with Gasteiger partial charge in [-0.3, -0.25) is 0 Å². The Balaban J connectivity index is 4.62. The lowest BCUT2D eigenvalue weighted by Gasteiger charge is -2.35. The number of carboxylic acid groups (broad SMARTS) is 1. The highest BCUT2D eigenvalue weighted by atomic mass is 16.7. The lowest BCUT2D eigenvalue weighted by Crippen LogP contribution is -2.37. The molecular weight excluding hydrogens is 204 g/mol. The highest BCUT2D eigenvalue weighted by Gasteiger charge is 2.34. The van der Waals surface area contributed by atoms with Gasteiger partial charge in [-0.2, -0.15) is 0 Å². The summed E-state index contributed by atoms with van der Waals surface area (Å²) in [5.74, 6) is 0.330. The van der Waals surface area contributed by atoms with Crippen LogP contribution in [0.25, 0.3) is 0 Å². The number of rotatable bonds is 6. The first-order valence-corrected chi connectivity index (χ1v) is 6.22. The number of hydrogen-bond donors (Lipinski definition) is 1. The molecule has 0 aliphatic rings. The van der Waals surface area contributed by atoms with Crippen molar-refractivity contribution in [2.75, 3.05) is 0 Å². The van der Waals surface area contributed by atoms with Crippen molar-refractivity contribution in [3.63, 3.8) is 0 Å². The molecule has 0 aromatic rings. The molecular formula is C13H26O3. The Morgan fingerprint density at radius 1 is 1.31 bits per heavy atom. The smallest absolute Gasteiger partial charge is 0.450 e. The van der Waals surface area contributed by atoms with Crippen LogP contribution in [0.4, 0.5) is 4.79 Å². The van der Waals surface area contributed by atoms with Crippen LogP contribution >= 0.6 is 0 Å². The minimum atomic E-state index is -1.16. The van der Waals surface area contributed by atoms with E-state index >= 15 is 0 Å². The van der Waals surface area contributed by atoms with E-state index in [4.69, 9.17) is 9.84 Å². The zero-order valence-corrected chi connectivity index (χ0v) is 11.2. The predicted molar refractivity (Wildman–Crippen MR) is 65.7 cm³/mol. The van der Waals surface area contributed by atoms with Crippen LogP contribution in [0.1, 0.15) is 60.3 Å². The molecule has 96 valence electrons. The summed E-state index contributed by atoms with van der Waals surface area (Å²) in [6, 6.07) is 0. The Hall–Kier alpha value is -0.730. The number of unbranched alkanes of at least 4 members (excludes halogenated alkanes) is 1. The number of hydrogen-bond acceptors (Lipinski definition) is 2. The molecule has 0 radical (unpaired) electrons. The van der Waals surface area contributed by atoms with Crippen molar-refractivity contribution in [3.05, 3.63) is 0 Å². The van der Waals surface area contributed by atoms with Crippen LogP contribution in [0, 0.1) is 11.3 Å². The summed E-state index contributed by atoms with van der Waals surface area (Å²) in [7, 11) is 0. The molecule has 2 atom stereocenters. The van der Waals surface area contributed by atoms with E-state index in [1.165, 1.54) is 0 Å². The molecule has 0 spiro atoms. The average molecular weight is 230 g/mol. The van der Waals surface area contributed by atoms with Crippen molar-refractivity contribution < 1.29 is 14.6 Å². The molecule has 0 aliphatic carbocycles. The highest BCUT2D eigenvalue weighted by molar-refractivity contribution is 5.57. The molecule has 0 saturated carbocycles. The van der Waals surface area contributed by atoms with Crippen molar-refractivity contribution in [2.24, 2.45) is 11.3 Å². The zero-order valence-electron chi connectivity index (χ0n) is 11.2. The van der Waals surface area contributed by atoms with E-state index in [0.717, 1.165) is 25.7 Å². The van der Waals surface area contributed by atoms with Crippen molar-refractivity contribution in [2.45, 2.75) is 66.4 Å². The van der Waals surface area contributed by atoms with Crippen LogP contribution < -0.4 is 0 Å².